The van der Waals surface area contributed by atoms with Crippen LogP contribution in [0.2, 0.25) is 0 Å². The molecule has 42 heavy (non-hydrogen) atoms. The number of aliphatic hydroxyl groups is 1. The van der Waals surface area contributed by atoms with Gasteiger partial charge in [0, 0.05) is 44.0 Å². The Hall–Kier alpha value is -3.95. The van der Waals surface area contributed by atoms with Crippen molar-refractivity contribution in [2.45, 2.75) is 51.3 Å². The van der Waals surface area contributed by atoms with Crippen molar-refractivity contribution in [1.82, 2.24) is 23.9 Å². The maximum Gasteiger partial charge on any atom is 0.323 e. The van der Waals surface area contributed by atoms with E-state index in [1.54, 1.807) is 55.5 Å². The molecule has 0 aliphatic carbocycles. The first kappa shape index (κ1) is 31.0. The van der Waals surface area contributed by atoms with Gasteiger partial charge in [0.15, 0.2) is 10.8 Å². The summed E-state index contributed by atoms with van der Waals surface area (Å²) in [6.45, 7) is 6.98. The van der Waals surface area contributed by atoms with E-state index in [1.807, 2.05) is 6.92 Å². The zero-order valence-corrected chi connectivity index (χ0v) is 25.3. The smallest absolute Gasteiger partial charge is 0.323 e. The number of benzene rings is 1. The Balaban J connectivity index is 1.62. The number of fused-ring (bicyclic) bond motifs is 1. The molecule has 15 heteroatoms. The fourth-order valence-electron chi connectivity index (χ4n) is 4.70. The summed E-state index contributed by atoms with van der Waals surface area (Å²) in [7, 11) is -0.766. The molecule has 4 rings (SSSR count). The first-order valence-corrected chi connectivity index (χ1v) is 14.9. The van der Waals surface area contributed by atoms with Gasteiger partial charge in [-0.3, -0.25) is 4.79 Å². The minimum Gasteiger partial charge on any atom is -0.488 e. The standard InChI is InChI=1S/C27H37N7O7S/c1-16-11-34(17(2)14-35)25(36)10-20-9-21(29-27(37)30-26-18(3)31-41-19(26)4)7-8-22(20)40-23(16)12-33(6)42(38,39)24-13-32(5)15-28-24/h7-9,13,15-17,23,35H,10-12,14H2,1-6H3,(H2,29,30,37)/t16-,17+,23-/m1/s1. The van der Waals surface area contributed by atoms with Crippen molar-refractivity contribution in [3.05, 3.63) is 47.7 Å². The fourth-order valence-corrected chi connectivity index (χ4v) is 5.84. The summed E-state index contributed by atoms with van der Waals surface area (Å²) in [4.78, 5) is 31.7. The van der Waals surface area contributed by atoms with E-state index in [0.717, 1.165) is 0 Å². The molecule has 0 unspecified atom stereocenters. The lowest BCUT2D eigenvalue weighted by Crippen LogP contribution is -2.48. The molecule has 3 heterocycles. The molecule has 0 saturated carbocycles. The van der Waals surface area contributed by atoms with Crippen LogP contribution in [0.4, 0.5) is 16.2 Å². The minimum absolute atomic E-state index is 0.0190. The Labute approximate surface area is 244 Å². The van der Waals surface area contributed by atoms with E-state index in [-0.39, 0.29) is 43.0 Å². The number of aromatic nitrogens is 3. The van der Waals surface area contributed by atoms with Crippen molar-refractivity contribution in [2.24, 2.45) is 13.0 Å². The second kappa shape index (κ2) is 12.5. The molecule has 1 aliphatic heterocycles. The minimum atomic E-state index is -3.91. The molecular formula is C27H37N7O7S. The number of anilines is 2. The van der Waals surface area contributed by atoms with Gasteiger partial charge in [0.1, 0.15) is 23.2 Å². The highest BCUT2D eigenvalue weighted by atomic mass is 32.2. The number of imidazole rings is 1. The number of sulfonamides is 1. The highest BCUT2D eigenvalue weighted by molar-refractivity contribution is 7.89. The molecule has 3 amide bonds. The van der Waals surface area contributed by atoms with E-state index in [2.05, 4.69) is 20.8 Å². The van der Waals surface area contributed by atoms with Gasteiger partial charge >= 0.3 is 6.03 Å². The number of amides is 3. The van der Waals surface area contributed by atoms with Crippen LogP contribution in [0.15, 0.2) is 40.3 Å². The van der Waals surface area contributed by atoms with Gasteiger partial charge in [0.25, 0.3) is 10.0 Å². The number of likely N-dealkylation sites (N-methyl/N-ethyl adjacent to an activating group) is 1. The maximum absolute atomic E-state index is 13.4. The summed E-state index contributed by atoms with van der Waals surface area (Å²) < 4.78 is 40.6. The summed E-state index contributed by atoms with van der Waals surface area (Å²) in [5.74, 6) is 0.304. The first-order chi connectivity index (χ1) is 19.8. The number of hydrogen-bond donors (Lipinski definition) is 3. The molecule has 14 nitrogen and oxygen atoms in total. The number of carbonyl (C=O) groups is 2. The second-order valence-electron chi connectivity index (χ2n) is 10.7. The van der Waals surface area contributed by atoms with Gasteiger partial charge in [0.05, 0.1) is 31.9 Å². The van der Waals surface area contributed by atoms with E-state index in [4.69, 9.17) is 9.26 Å². The number of carbonyl (C=O) groups excluding carboxylic acids is 2. The highest BCUT2D eigenvalue weighted by Gasteiger charge is 2.34. The number of aryl methyl sites for hydroxylation is 3. The van der Waals surface area contributed by atoms with E-state index >= 15 is 0 Å². The lowest BCUT2D eigenvalue weighted by Gasteiger charge is -2.33. The Bertz CT molecular complexity index is 1530. The molecule has 2 aromatic heterocycles. The van der Waals surface area contributed by atoms with Gasteiger partial charge in [-0.1, -0.05) is 12.1 Å². The Kier molecular flexibility index (Phi) is 9.23. The summed E-state index contributed by atoms with van der Waals surface area (Å²) >= 11 is 0. The number of nitrogens with one attached hydrogen (secondary N) is 2. The summed E-state index contributed by atoms with van der Waals surface area (Å²) in [5.41, 5.74) is 1.91. The maximum atomic E-state index is 13.4. The molecule has 0 bridgehead atoms. The quantitative estimate of drug-likeness (QED) is 0.349. The normalized spacial score (nSPS) is 18.5. The van der Waals surface area contributed by atoms with Crippen molar-refractivity contribution in [1.29, 1.82) is 0 Å². The Morgan fingerprint density at radius 3 is 2.64 bits per heavy atom. The van der Waals surface area contributed by atoms with Crippen LogP contribution >= 0.6 is 0 Å². The van der Waals surface area contributed by atoms with Crippen molar-refractivity contribution in [3.63, 3.8) is 0 Å². The van der Waals surface area contributed by atoms with E-state index in [1.165, 1.54) is 23.9 Å². The van der Waals surface area contributed by atoms with Crippen LogP contribution in [0.1, 0.15) is 30.9 Å². The molecule has 3 atom stereocenters. The lowest BCUT2D eigenvalue weighted by atomic mass is 10.0. The van der Waals surface area contributed by atoms with E-state index in [0.29, 0.717) is 34.1 Å². The molecule has 3 N–H and O–H groups in total. The molecule has 0 spiro atoms. The second-order valence-corrected chi connectivity index (χ2v) is 12.6. The molecule has 0 fully saturated rings. The van der Waals surface area contributed by atoms with E-state index in [9.17, 15) is 23.1 Å². The van der Waals surface area contributed by atoms with Crippen molar-refractivity contribution in [3.8, 4) is 5.75 Å². The fraction of sp³-hybridized carbons (Fsp3) is 0.481. The van der Waals surface area contributed by atoms with Gasteiger partial charge in [0.2, 0.25) is 5.91 Å². The molecule has 1 aliphatic rings. The Morgan fingerprint density at radius 1 is 1.29 bits per heavy atom. The van der Waals surface area contributed by atoms with E-state index < -0.39 is 28.2 Å². The molecule has 1 aromatic carbocycles. The monoisotopic (exact) mass is 603 g/mol. The molecule has 0 saturated heterocycles. The zero-order valence-electron chi connectivity index (χ0n) is 24.5. The van der Waals surface area contributed by atoms with Crippen LogP contribution in [-0.2, 0) is 28.3 Å². The van der Waals surface area contributed by atoms with Gasteiger partial charge in [-0.15, -0.1) is 0 Å². The third kappa shape index (κ3) is 6.74. The number of urea groups is 1. The largest absolute Gasteiger partial charge is 0.488 e. The van der Waals surface area contributed by atoms with Crippen LogP contribution in [-0.4, -0.2) is 88.3 Å². The summed E-state index contributed by atoms with van der Waals surface area (Å²) in [6, 6.07) is 3.93. The van der Waals surface area contributed by atoms with Crippen LogP contribution in [0.5, 0.6) is 5.75 Å². The third-order valence-corrected chi connectivity index (χ3v) is 8.95. The average Bonchev–Trinajstić information content (AvgIpc) is 3.53. The van der Waals surface area contributed by atoms with Crippen LogP contribution in [0, 0.1) is 19.8 Å². The van der Waals surface area contributed by atoms with Crippen molar-refractivity contribution in [2.75, 3.05) is 37.4 Å². The molecule has 0 radical (unpaired) electrons. The Morgan fingerprint density at radius 2 is 2.02 bits per heavy atom. The van der Waals surface area contributed by atoms with Gasteiger partial charge in [-0.2, -0.15) is 4.31 Å². The SMILES string of the molecule is Cc1noc(C)c1NC(=O)Nc1ccc2c(c1)CC(=O)N([C@@H](C)CO)C[C@@H](C)[C@@H](CN(C)S(=O)(=O)c1cn(C)cn1)O2. The number of nitrogens with zero attached hydrogens (tertiary/aromatic N) is 5. The predicted molar refractivity (Wildman–Crippen MR) is 154 cm³/mol. The number of rotatable bonds is 8. The third-order valence-electron chi connectivity index (χ3n) is 7.24. The highest BCUT2D eigenvalue weighted by Crippen LogP contribution is 2.30. The lowest BCUT2D eigenvalue weighted by molar-refractivity contribution is -0.134. The van der Waals surface area contributed by atoms with Crippen LogP contribution in [0.25, 0.3) is 0 Å². The predicted octanol–water partition coefficient (Wildman–Crippen LogP) is 2.14. The molecule has 228 valence electrons. The number of ether oxygens (including phenoxy) is 1. The summed E-state index contributed by atoms with van der Waals surface area (Å²) in [5, 5.41) is 19.1. The zero-order chi connectivity index (χ0) is 30.8. The van der Waals surface area contributed by atoms with Crippen molar-refractivity contribution >= 4 is 33.3 Å². The van der Waals surface area contributed by atoms with Gasteiger partial charge < -0.3 is 34.5 Å². The van der Waals surface area contributed by atoms with Crippen LogP contribution in [0.3, 0.4) is 0 Å². The van der Waals surface area contributed by atoms with Crippen LogP contribution < -0.4 is 15.4 Å². The number of hydrogen-bond acceptors (Lipinski definition) is 9. The number of aliphatic hydroxyl groups excluding tert-OH is 1. The summed E-state index contributed by atoms with van der Waals surface area (Å²) in [6.07, 6.45) is 2.13. The van der Waals surface area contributed by atoms with Gasteiger partial charge in [-0.05, 0) is 39.0 Å². The molecule has 3 aromatic rings. The average molecular weight is 604 g/mol. The van der Waals surface area contributed by atoms with Gasteiger partial charge in [-0.25, -0.2) is 18.2 Å². The topological polar surface area (TPSA) is 172 Å². The first-order valence-electron chi connectivity index (χ1n) is 13.4. The van der Waals surface area contributed by atoms with Crippen molar-refractivity contribution < 1.29 is 32.4 Å². The molecular weight excluding hydrogens is 566 g/mol.